The number of carbonyl (C=O) groups is 1. The molecule has 0 bridgehead atoms. The highest BCUT2D eigenvalue weighted by atomic mass is 16.5. The molecule has 0 saturated carbocycles. The normalized spacial score (nSPS) is 12.7. The molecular formula is C13H23N3O3. The van der Waals surface area contributed by atoms with E-state index in [1.165, 1.54) is 0 Å². The molecule has 1 heterocycles. The molecule has 0 unspecified atom stereocenters. The Morgan fingerprint density at radius 2 is 2.16 bits per heavy atom. The number of hydrogen-bond donors (Lipinski definition) is 1. The molecule has 1 N–H and O–H groups in total. The number of nitrogens with zero attached hydrogens (tertiary/aromatic N) is 2. The maximum atomic E-state index is 11.6. The van der Waals surface area contributed by atoms with Crippen LogP contribution in [0.5, 0.6) is 0 Å². The fraction of sp³-hybridized carbons (Fsp3) is 0.769. The number of nitrogens with one attached hydrogen (secondary N) is 1. The molecule has 0 aliphatic carbocycles. The average molecular weight is 269 g/mol. The van der Waals surface area contributed by atoms with Crippen LogP contribution in [0.1, 0.15) is 51.2 Å². The van der Waals surface area contributed by atoms with Gasteiger partial charge in [0.05, 0.1) is 6.61 Å². The van der Waals surface area contributed by atoms with E-state index in [0.717, 1.165) is 0 Å². The summed E-state index contributed by atoms with van der Waals surface area (Å²) in [4.78, 5) is 15.9. The molecule has 1 rings (SSSR count). The summed E-state index contributed by atoms with van der Waals surface area (Å²) in [6.45, 7) is 6.46. The van der Waals surface area contributed by atoms with Crippen molar-refractivity contribution in [2.75, 3.05) is 13.7 Å². The van der Waals surface area contributed by atoms with Crippen molar-refractivity contribution in [3.63, 3.8) is 0 Å². The first kappa shape index (κ1) is 15.6. The molecular weight excluding hydrogens is 246 g/mol. The number of amides is 1. The topological polar surface area (TPSA) is 77.2 Å². The molecule has 0 saturated heterocycles. The number of rotatable bonds is 8. The predicted molar refractivity (Wildman–Crippen MR) is 70.8 cm³/mol. The lowest BCUT2D eigenvalue weighted by Gasteiger charge is -2.12. The van der Waals surface area contributed by atoms with E-state index in [9.17, 15) is 4.79 Å². The number of methoxy groups -OCH3 is 1. The van der Waals surface area contributed by atoms with Gasteiger partial charge in [0.25, 0.3) is 0 Å². The van der Waals surface area contributed by atoms with E-state index in [1.807, 2.05) is 20.8 Å². The lowest BCUT2D eigenvalue weighted by Crippen LogP contribution is -2.35. The van der Waals surface area contributed by atoms with E-state index >= 15 is 0 Å². The second kappa shape index (κ2) is 7.89. The van der Waals surface area contributed by atoms with Gasteiger partial charge in [-0.15, -0.1) is 0 Å². The molecule has 1 amide bonds. The van der Waals surface area contributed by atoms with Crippen LogP contribution in [-0.4, -0.2) is 35.8 Å². The van der Waals surface area contributed by atoms with Crippen molar-refractivity contribution in [3.8, 4) is 0 Å². The second-order valence-corrected chi connectivity index (χ2v) is 4.98. The Morgan fingerprint density at radius 3 is 2.74 bits per heavy atom. The summed E-state index contributed by atoms with van der Waals surface area (Å²) < 4.78 is 10.1. The summed E-state index contributed by atoms with van der Waals surface area (Å²) in [5.74, 6) is 1.60. The number of ether oxygens (including phenoxy) is 1. The van der Waals surface area contributed by atoms with Crippen LogP contribution in [0.2, 0.25) is 0 Å². The Labute approximate surface area is 113 Å². The fourth-order valence-corrected chi connectivity index (χ4v) is 1.64. The van der Waals surface area contributed by atoms with Crippen molar-refractivity contribution in [2.24, 2.45) is 0 Å². The third kappa shape index (κ3) is 5.83. The van der Waals surface area contributed by atoms with Gasteiger partial charge in [-0.25, -0.2) is 0 Å². The van der Waals surface area contributed by atoms with Crippen molar-refractivity contribution in [1.82, 2.24) is 15.5 Å². The highest BCUT2D eigenvalue weighted by molar-refractivity contribution is 5.76. The standard InChI is InChI=1S/C13H23N3O3/c1-9(2)13-15-12(19-16-13)7-5-6-11(17)14-10(3)8-18-4/h9-10H,5-8H2,1-4H3,(H,14,17)/t10-/m1/s1. The van der Waals surface area contributed by atoms with Crippen LogP contribution in [0.25, 0.3) is 0 Å². The summed E-state index contributed by atoms with van der Waals surface area (Å²) in [5.41, 5.74) is 0. The predicted octanol–water partition coefficient (Wildman–Crippen LogP) is 1.67. The van der Waals surface area contributed by atoms with Crippen LogP contribution in [0.15, 0.2) is 4.52 Å². The molecule has 1 aromatic heterocycles. The molecule has 1 aromatic rings. The number of aryl methyl sites for hydroxylation is 1. The zero-order valence-electron chi connectivity index (χ0n) is 12.1. The molecule has 6 nitrogen and oxygen atoms in total. The lowest BCUT2D eigenvalue weighted by atomic mass is 10.2. The molecule has 0 spiro atoms. The minimum absolute atomic E-state index is 0.0214. The lowest BCUT2D eigenvalue weighted by molar-refractivity contribution is -0.122. The zero-order chi connectivity index (χ0) is 14.3. The van der Waals surface area contributed by atoms with E-state index in [1.54, 1.807) is 7.11 Å². The number of hydrogen-bond acceptors (Lipinski definition) is 5. The van der Waals surface area contributed by atoms with E-state index in [2.05, 4.69) is 15.5 Å². The summed E-state index contributed by atoms with van der Waals surface area (Å²) >= 11 is 0. The molecule has 0 radical (unpaired) electrons. The van der Waals surface area contributed by atoms with Crippen LogP contribution in [-0.2, 0) is 16.0 Å². The van der Waals surface area contributed by atoms with Crippen LogP contribution >= 0.6 is 0 Å². The minimum atomic E-state index is 0.0214. The Kier molecular flexibility index (Phi) is 6.49. The van der Waals surface area contributed by atoms with E-state index in [-0.39, 0.29) is 17.9 Å². The van der Waals surface area contributed by atoms with Gasteiger partial charge < -0.3 is 14.6 Å². The first-order chi connectivity index (χ1) is 9.02. The van der Waals surface area contributed by atoms with Crippen LogP contribution in [0.3, 0.4) is 0 Å². The zero-order valence-corrected chi connectivity index (χ0v) is 12.1. The molecule has 6 heteroatoms. The summed E-state index contributed by atoms with van der Waals surface area (Å²) in [5, 5.41) is 6.74. The van der Waals surface area contributed by atoms with E-state index < -0.39 is 0 Å². The SMILES string of the molecule is COC[C@@H](C)NC(=O)CCCc1nc(C(C)C)no1. The van der Waals surface area contributed by atoms with Crippen LogP contribution < -0.4 is 5.32 Å². The van der Waals surface area contributed by atoms with Gasteiger partial charge >= 0.3 is 0 Å². The van der Waals surface area contributed by atoms with Crippen molar-refractivity contribution in [3.05, 3.63) is 11.7 Å². The Hall–Kier alpha value is -1.43. The Bertz CT molecular complexity index is 390. The van der Waals surface area contributed by atoms with Crippen LogP contribution in [0, 0.1) is 0 Å². The van der Waals surface area contributed by atoms with Gasteiger partial charge in [-0.1, -0.05) is 19.0 Å². The molecule has 108 valence electrons. The van der Waals surface area contributed by atoms with Gasteiger partial charge in [0.2, 0.25) is 11.8 Å². The summed E-state index contributed by atoms with van der Waals surface area (Å²) in [6.07, 6.45) is 1.78. The van der Waals surface area contributed by atoms with Crippen molar-refractivity contribution >= 4 is 5.91 Å². The van der Waals surface area contributed by atoms with Gasteiger partial charge in [-0.2, -0.15) is 4.98 Å². The van der Waals surface area contributed by atoms with Gasteiger partial charge in [-0.05, 0) is 13.3 Å². The first-order valence-electron chi connectivity index (χ1n) is 6.63. The van der Waals surface area contributed by atoms with Gasteiger partial charge in [-0.3, -0.25) is 4.79 Å². The summed E-state index contributed by atoms with van der Waals surface area (Å²) in [6, 6.07) is 0.0356. The molecule has 0 aromatic carbocycles. The van der Waals surface area contributed by atoms with Crippen LogP contribution in [0.4, 0.5) is 0 Å². The monoisotopic (exact) mass is 269 g/mol. The van der Waals surface area contributed by atoms with E-state index in [4.69, 9.17) is 9.26 Å². The molecule has 0 fully saturated rings. The van der Waals surface area contributed by atoms with Crippen molar-refractivity contribution in [1.29, 1.82) is 0 Å². The third-order valence-corrected chi connectivity index (χ3v) is 2.62. The largest absolute Gasteiger partial charge is 0.383 e. The average Bonchev–Trinajstić information content (AvgIpc) is 2.78. The maximum Gasteiger partial charge on any atom is 0.226 e. The second-order valence-electron chi connectivity index (χ2n) is 4.98. The first-order valence-corrected chi connectivity index (χ1v) is 6.63. The molecule has 0 aliphatic rings. The summed E-state index contributed by atoms with van der Waals surface area (Å²) in [7, 11) is 1.62. The number of aromatic nitrogens is 2. The van der Waals surface area contributed by atoms with Gasteiger partial charge in [0.15, 0.2) is 5.82 Å². The smallest absolute Gasteiger partial charge is 0.226 e. The highest BCUT2D eigenvalue weighted by Gasteiger charge is 2.11. The third-order valence-electron chi connectivity index (χ3n) is 2.62. The minimum Gasteiger partial charge on any atom is -0.383 e. The number of carbonyl (C=O) groups excluding carboxylic acids is 1. The molecule has 19 heavy (non-hydrogen) atoms. The van der Waals surface area contributed by atoms with E-state index in [0.29, 0.717) is 37.6 Å². The molecule has 1 atom stereocenters. The quantitative estimate of drug-likeness (QED) is 0.776. The maximum absolute atomic E-state index is 11.6. The van der Waals surface area contributed by atoms with Crippen molar-refractivity contribution in [2.45, 2.75) is 52.0 Å². The Morgan fingerprint density at radius 1 is 1.42 bits per heavy atom. The van der Waals surface area contributed by atoms with Crippen molar-refractivity contribution < 1.29 is 14.1 Å². The Balaban J connectivity index is 2.24. The fourth-order valence-electron chi connectivity index (χ4n) is 1.64. The highest BCUT2D eigenvalue weighted by Crippen LogP contribution is 2.11. The van der Waals surface area contributed by atoms with Gasteiger partial charge in [0, 0.05) is 31.9 Å². The molecule has 0 aliphatic heterocycles. The van der Waals surface area contributed by atoms with Gasteiger partial charge in [0.1, 0.15) is 0 Å².